The van der Waals surface area contributed by atoms with Crippen LogP contribution in [-0.2, 0) is 33.3 Å². The van der Waals surface area contributed by atoms with Crippen LogP contribution in [0.1, 0.15) is 13.8 Å². The Morgan fingerprint density at radius 2 is 1.12 bits per heavy atom. The fourth-order valence-electron chi connectivity index (χ4n) is 4.77. The van der Waals surface area contributed by atoms with E-state index in [2.05, 4.69) is 10.6 Å². The summed E-state index contributed by atoms with van der Waals surface area (Å²) in [4.78, 5) is 23.4. The van der Waals surface area contributed by atoms with Gasteiger partial charge in [0.1, 0.15) is 73.1 Å². The van der Waals surface area contributed by atoms with E-state index in [1.165, 1.54) is 0 Å². The minimum absolute atomic E-state index is 0.612. The molecule has 232 valence electrons. The second kappa shape index (κ2) is 14.0. The highest BCUT2D eigenvalue weighted by atomic mass is 16.7. The van der Waals surface area contributed by atoms with Crippen LogP contribution >= 0.6 is 0 Å². The highest BCUT2D eigenvalue weighted by Gasteiger charge is 2.52. The van der Waals surface area contributed by atoms with Gasteiger partial charge in [0.25, 0.3) is 0 Å². The number of aliphatic hydroxyl groups is 9. The van der Waals surface area contributed by atoms with Crippen molar-refractivity contribution in [3.8, 4) is 0 Å². The highest BCUT2D eigenvalue weighted by molar-refractivity contribution is 5.73. The Hall–Kier alpha value is -1.62. The third-order valence-electron chi connectivity index (χ3n) is 6.88. The number of hydrogen-bond donors (Lipinski definition) is 11. The lowest BCUT2D eigenvalue weighted by Gasteiger charge is -2.47. The zero-order chi connectivity index (χ0) is 29.9. The molecule has 0 aromatic heterocycles. The quantitative estimate of drug-likeness (QED) is 0.120. The van der Waals surface area contributed by atoms with Crippen LogP contribution in [0.4, 0.5) is 0 Å². The van der Waals surface area contributed by atoms with Crippen LogP contribution in [0.25, 0.3) is 0 Å². The van der Waals surface area contributed by atoms with E-state index < -0.39 is 124 Å². The molecule has 1 unspecified atom stereocenters. The fraction of sp³-hybridized carbons (Fsp3) is 0.909. The van der Waals surface area contributed by atoms with Crippen LogP contribution in [0.15, 0.2) is 0 Å². The molecule has 0 bridgehead atoms. The number of carbonyl (C=O) groups is 2. The highest BCUT2D eigenvalue weighted by Crippen LogP contribution is 2.30. The van der Waals surface area contributed by atoms with E-state index in [4.69, 9.17) is 23.7 Å². The van der Waals surface area contributed by atoms with Crippen LogP contribution in [-0.4, -0.2) is 170 Å². The normalized spacial score (nSPS) is 46.0. The molecule has 0 radical (unpaired) electrons. The van der Waals surface area contributed by atoms with E-state index in [0.29, 0.717) is 0 Å². The van der Waals surface area contributed by atoms with Gasteiger partial charge < -0.3 is 80.3 Å². The molecule has 0 aliphatic carbocycles. The zero-order valence-corrected chi connectivity index (χ0v) is 21.7. The Kier molecular flexibility index (Phi) is 11.5. The van der Waals surface area contributed by atoms with Gasteiger partial charge in [0.2, 0.25) is 11.8 Å². The van der Waals surface area contributed by atoms with Crippen molar-refractivity contribution in [2.75, 3.05) is 19.8 Å². The monoisotopic (exact) mass is 586 g/mol. The third-order valence-corrected chi connectivity index (χ3v) is 6.88. The number of aliphatic hydroxyl groups excluding tert-OH is 9. The number of rotatable bonds is 9. The summed E-state index contributed by atoms with van der Waals surface area (Å²) < 4.78 is 27.7. The first kappa shape index (κ1) is 32.9. The Morgan fingerprint density at radius 1 is 0.650 bits per heavy atom. The van der Waals surface area contributed by atoms with Crippen LogP contribution in [0.5, 0.6) is 0 Å². The second-order valence-corrected chi connectivity index (χ2v) is 9.85. The first-order chi connectivity index (χ1) is 18.8. The molecule has 3 fully saturated rings. The summed E-state index contributed by atoms with van der Waals surface area (Å²) in [5, 5.41) is 96.1. The molecule has 18 heteroatoms. The van der Waals surface area contributed by atoms with Crippen molar-refractivity contribution >= 4 is 11.8 Å². The summed E-state index contributed by atoms with van der Waals surface area (Å²) in [5.74, 6) is -1.26. The first-order valence-corrected chi connectivity index (χ1v) is 12.6. The molecule has 3 aliphatic rings. The predicted molar refractivity (Wildman–Crippen MR) is 124 cm³/mol. The van der Waals surface area contributed by atoms with Gasteiger partial charge in [-0.15, -0.1) is 0 Å². The molecule has 2 amide bonds. The maximum absolute atomic E-state index is 11.7. The van der Waals surface area contributed by atoms with Crippen molar-refractivity contribution in [1.29, 1.82) is 0 Å². The fourth-order valence-corrected chi connectivity index (χ4v) is 4.77. The smallest absolute Gasteiger partial charge is 0.217 e. The third kappa shape index (κ3) is 7.23. The molecule has 18 nitrogen and oxygen atoms in total. The number of carbonyl (C=O) groups excluding carboxylic acids is 2. The van der Waals surface area contributed by atoms with Crippen LogP contribution < -0.4 is 10.6 Å². The molecule has 0 aromatic carbocycles. The number of hydrogen-bond acceptors (Lipinski definition) is 16. The SMILES string of the molecule is CC(=O)N[C@H]1[C@H](OC[C@H]2OC(O)[C@H](O)[C@@H](O)[C@H]2O[C@@H]2O[C@H](CO)[C@@H](O)[C@H](O)[C@H]2NC(C)=O)O[C@H](CO)[C@@H](O)[C@@H]1O. The average Bonchev–Trinajstić information content (AvgIpc) is 2.90. The molecule has 0 spiro atoms. The van der Waals surface area contributed by atoms with Crippen molar-refractivity contribution in [3.05, 3.63) is 0 Å². The van der Waals surface area contributed by atoms with Crippen molar-refractivity contribution in [2.24, 2.45) is 0 Å². The molecule has 0 aromatic rings. The Labute approximate surface area is 228 Å². The lowest BCUT2D eigenvalue weighted by molar-refractivity contribution is -0.349. The van der Waals surface area contributed by atoms with Gasteiger partial charge in [-0.2, -0.15) is 0 Å². The predicted octanol–water partition coefficient (Wildman–Crippen LogP) is -7.29. The average molecular weight is 587 g/mol. The molecular weight excluding hydrogens is 548 g/mol. The Morgan fingerprint density at radius 3 is 1.60 bits per heavy atom. The summed E-state index contributed by atoms with van der Waals surface area (Å²) >= 11 is 0. The largest absolute Gasteiger partial charge is 0.394 e. The maximum atomic E-state index is 11.7. The zero-order valence-electron chi connectivity index (χ0n) is 21.7. The van der Waals surface area contributed by atoms with Crippen LogP contribution in [0.3, 0.4) is 0 Å². The van der Waals surface area contributed by atoms with Gasteiger partial charge in [-0.1, -0.05) is 0 Å². The topological polar surface area (TPSA) is 286 Å². The summed E-state index contributed by atoms with van der Waals surface area (Å²) in [6.45, 7) is 0.164. The van der Waals surface area contributed by atoms with Crippen molar-refractivity contribution in [3.63, 3.8) is 0 Å². The van der Waals surface area contributed by atoms with Crippen LogP contribution in [0, 0.1) is 0 Å². The summed E-state index contributed by atoms with van der Waals surface area (Å²) in [6, 6.07) is -2.74. The van der Waals surface area contributed by atoms with Gasteiger partial charge in [-0.05, 0) is 0 Å². The molecule has 3 rings (SSSR count). The molecule has 0 saturated carbocycles. The number of nitrogens with one attached hydrogen (secondary N) is 2. The first-order valence-electron chi connectivity index (χ1n) is 12.6. The summed E-state index contributed by atoms with van der Waals surface area (Å²) in [5.41, 5.74) is 0. The van der Waals surface area contributed by atoms with Gasteiger partial charge in [-0.25, -0.2) is 0 Å². The minimum atomic E-state index is -1.93. The van der Waals surface area contributed by atoms with Crippen molar-refractivity contribution in [2.45, 2.75) is 106 Å². The van der Waals surface area contributed by atoms with E-state index in [1.54, 1.807) is 0 Å². The molecule has 15 atom stereocenters. The van der Waals surface area contributed by atoms with E-state index in [-0.39, 0.29) is 0 Å². The molecule has 40 heavy (non-hydrogen) atoms. The Balaban J connectivity index is 1.82. The molecule has 3 aliphatic heterocycles. The maximum Gasteiger partial charge on any atom is 0.217 e. The van der Waals surface area contributed by atoms with E-state index in [0.717, 1.165) is 13.8 Å². The van der Waals surface area contributed by atoms with Gasteiger partial charge in [0.05, 0.1) is 19.8 Å². The lowest BCUT2D eigenvalue weighted by Crippen LogP contribution is -2.68. The molecule has 11 N–H and O–H groups in total. The van der Waals surface area contributed by atoms with Gasteiger partial charge >= 0.3 is 0 Å². The summed E-state index contributed by atoms with van der Waals surface area (Å²) in [7, 11) is 0. The Bertz CT molecular complexity index is 854. The number of ether oxygens (including phenoxy) is 5. The molecule has 3 heterocycles. The van der Waals surface area contributed by atoms with E-state index >= 15 is 0 Å². The lowest BCUT2D eigenvalue weighted by atomic mass is 9.95. The van der Waals surface area contributed by atoms with Crippen molar-refractivity contribution in [1.82, 2.24) is 10.6 Å². The van der Waals surface area contributed by atoms with Gasteiger partial charge in [0, 0.05) is 13.8 Å². The standard InChI is InChI=1S/C22H38N2O16/c1-6(27)23-11-15(31)13(29)8(3-25)38-21(11)36-5-10-19(17(33)18(34)20(35)37-10)40-22-12(24-7(2)28)16(32)14(30)9(4-26)39-22/h8-22,25-26,29-35H,3-5H2,1-2H3,(H,23,27)(H,24,28)/t8-,9-,10-,11-,12-,13-,14-,15-,16-,17-,18-,19+,20?,21-,22+/m1/s1. The molecule has 3 saturated heterocycles. The van der Waals surface area contributed by atoms with E-state index in [1.807, 2.05) is 0 Å². The number of amides is 2. The van der Waals surface area contributed by atoms with E-state index in [9.17, 15) is 55.5 Å². The second-order valence-electron chi connectivity index (χ2n) is 9.85. The van der Waals surface area contributed by atoms with Gasteiger partial charge in [-0.3, -0.25) is 9.59 Å². The van der Waals surface area contributed by atoms with Crippen molar-refractivity contribution < 1.29 is 79.2 Å². The van der Waals surface area contributed by atoms with Crippen LogP contribution in [0.2, 0.25) is 0 Å². The molecular formula is C22H38N2O16. The summed E-state index contributed by atoms with van der Waals surface area (Å²) in [6.07, 6.45) is -21.1. The van der Waals surface area contributed by atoms with Gasteiger partial charge in [0.15, 0.2) is 18.9 Å². The minimum Gasteiger partial charge on any atom is -0.394 e.